The van der Waals surface area contributed by atoms with Crippen LogP contribution in [0, 0.1) is 0 Å². The summed E-state index contributed by atoms with van der Waals surface area (Å²) < 4.78 is 10.5. The number of aromatic nitrogens is 2. The van der Waals surface area contributed by atoms with Crippen LogP contribution in [0.25, 0.3) is 11.4 Å². The van der Waals surface area contributed by atoms with Crippen LogP contribution in [0.3, 0.4) is 0 Å². The molecule has 12 heteroatoms. The molecule has 244 valence electrons. The first-order valence-corrected chi connectivity index (χ1v) is 15.5. The van der Waals surface area contributed by atoms with Crippen molar-refractivity contribution in [2.45, 2.75) is 58.7 Å². The third kappa shape index (κ3) is 10.0. The van der Waals surface area contributed by atoms with Crippen LogP contribution in [0.5, 0.6) is 0 Å². The highest BCUT2D eigenvalue weighted by Crippen LogP contribution is 2.19. The van der Waals surface area contributed by atoms with Gasteiger partial charge in [-0.05, 0) is 39.7 Å². The summed E-state index contributed by atoms with van der Waals surface area (Å²) in [7, 11) is 0. The number of carbonyl (C=O) groups is 4. The zero-order valence-corrected chi connectivity index (χ0v) is 26.8. The first-order valence-electron chi connectivity index (χ1n) is 15.5. The molecule has 1 fully saturated rings. The van der Waals surface area contributed by atoms with Gasteiger partial charge in [0.1, 0.15) is 23.2 Å². The Morgan fingerprint density at radius 2 is 1.52 bits per heavy atom. The number of hydrogen-bond donors (Lipinski definition) is 2. The molecule has 0 bridgehead atoms. The molecule has 2 heterocycles. The molecule has 0 spiro atoms. The second-order valence-electron chi connectivity index (χ2n) is 11.8. The number of rotatable bonds is 11. The molecule has 2 N–H and O–H groups in total. The average Bonchev–Trinajstić information content (AvgIpc) is 3.05. The summed E-state index contributed by atoms with van der Waals surface area (Å²) in [6.45, 7) is 8.87. The lowest BCUT2D eigenvalue weighted by Gasteiger charge is -2.36. The van der Waals surface area contributed by atoms with Crippen molar-refractivity contribution in [3.05, 3.63) is 78.0 Å². The van der Waals surface area contributed by atoms with Gasteiger partial charge in [0.05, 0.1) is 6.61 Å². The molecule has 0 radical (unpaired) electrons. The second kappa shape index (κ2) is 15.8. The number of nitrogens with zero attached hydrogens (tertiary/aromatic N) is 4. The normalized spacial score (nSPS) is 13.8. The topological polar surface area (TPSA) is 143 Å². The van der Waals surface area contributed by atoms with Crippen molar-refractivity contribution in [1.82, 2.24) is 25.1 Å². The molecular formula is C34H42N6O6. The molecule has 1 atom stereocenters. The van der Waals surface area contributed by atoms with Gasteiger partial charge in [-0.3, -0.25) is 14.4 Å². The van der Waals surface area contributed by atoms with Crippen LogP contribution in [-0.2, 0) is 25.6 Å². The molecule has 12 nitrogen and oxygen atoms in total. The van der Waals surface area contributed by atoms with E-state index in [2.05, 4.69) is 20.6 Å². The molecular weight excluding hydrogens is 588 g/mol. The highest BCUT2D eigenvalue weighted by Gasteiger charge is 2.32. The highest BCUT2D eigenvalue weighted by atomic mass is 16.6. The van der Waals surface area contributed by atoms with Crippen molar-refractivity contribution in [1.29, 1.82) is 0 Å². The molecule has 3 amide bonds. The molecule has 1 aromatic heterocycles. The van der Waals surface area contributed by atoms with Gasteiger partial charge >= 0.3 is 12.1 Å². The van der Waals surface area contributed by atoms with Crippen LogP contribution < -0.4 is 10.6 Å². The average molecular weight is 631 g/mol. The quantitative estimate of drug-likeness (QED) is 0.297. The summed E-state index contributed by atoms with van der Waals surface area (Å²) in [4.78, 5) is 64.6. The van der Waals surface area contributed by atoms with Gasteiger partial charge in [-0.25, -0.2) is 14.8 Å². The van der Waals surface area contributed by atoms with Crippen molar-refractivity contribution in [3.8, 4) is 11.4 Å². The Balaban J connectivity index is 1.55. The van der Waals surface area contributed by atoms with Gasteiger partial charge in [-0.2, -0.15) is 0 Å². The Hall–Kier alpha value is -5.00. The van der Waals surface area contributed by atoms with Crippen LogP contribution in [0.2, 0.25) is 0 Å². The van der Waals surface area contributed by atoms with Crippen molar-refractivity contribution in [2.24, 2.45) is 0 Å². The third-order valence-corrected chi connectivity index (χ3v) is 7.09. The molecule has 2 aromatic carbocycles. The van der Waals surface area contributed by atoms with E-state index in [0.717, 1.165) is 11.1 Å². The van der Waals surface area contributed by atoms with Crippen molar-refractivity contribution in [3.63, 3.8) is 0 Å². The number of esters is 1. The molecule has 3 aromatic rings. The van der Waals surface area contributed by atoms with Gasteiger partial charge < -0.3 is 29.9 Å². The Bertz CT molecular complexity index is 1490. The molecule has 1 aliphatic heterocycles. The van der Waals surface area contributed by atoms with E-state index in [9.17, 15) is 19.2 Å². The molecule has 0 aliphatic carbocycles. The number of carbonyl (C=O) groups excluding carboxylic acids is 4. The third-order valence-electron chi connectivity index (χ3n) is 7.09. The van der Waals surface area contributed by atoms with Crippen LogP contribution in [-0.4, -0.2) is 88.1 Å². The number of amides is 3. The fraction of sp³-hybridized carbons (Fsp3) is 0.412. The Morgan fingerprint density at radius 3 is 2.15 bits per heavy atom. The standard InChI is InChI=1S/C34H42N6O6/c1-5-45-33(44)40-20-18-39(19-21-40)32(43)26(16-17-29(41)46-34(2,3)4)37-31(42)27-22-28(35-23-24-12-8-6-9-13-24)38-30(36-27)25-14-10-7-11-15-25/h6-15,22,26H,5,16-21,23H2,1-4H3,(H,37,42)(H,35,36,38). The van der Waals surface area contributed by atoms with Gasteiger partial charge in [0.15, 0.2) is 5.82 Å². The lowest BCUT2D eigenvalue weighted by molar-refractivity contribution is -0.155. The fourth-order valence-corrected chi connectivity index (χ4v) is 4.85. The SMILES string of the molecule is CCOC(=O)N1CCN(C(=O)C(CCC(=O)OC(C)(C)C)NC(=O)c2cc(NCc3ccccc3)nc(-c3ccccc3)n2)CC1. The monoisotopic (exact) mass is 630 g/mol. The fourth-order valence-electron chi connectivity index (χ4n) is 4.85. The van der Waals surface area contributed by atoms with Gasteiger partial charge in [-0.1, -0.05) is 60.7 Å². The van der Waals surface area contributed by atoms with E-state index < -0.39 is 29.6 Å². The smallest absolute Gasteiger partial charge is 0.409 e. The molecule has 4 rings (SSSR count). The number of ether oxygens (including phenoxy) is 2. The first kappa shape index (κ1) is 33.9. The van der Waals surface area contributed by atoms with Crippen molar-refractivity contribution < 1.29 is 28.7 Å². The maximum absolute atomic E-state index is 13.8. The molecule has 46 heavy (non-hydrogen) atoms. The minimum absolute atomic E-state index is 0.0211. The summed E-state index contributed by atoms with van der Waals surface area (Å²) in [6, 6.07) is 19.6. The lowest BCUT2D eigenvalue weighted by atomic mass is 10.1. The predicted molar refractivity (Wildman–Crippen MR) is 173 cm³/mol. The van der Waals surface area contributed by atoms with Crippen LogP contribution in [0.1, 0.15) is 56.6 Å². The van der Waals surface area contributed by atoms with Gasteiger partial charge in [0.25, 0.3) is 5.91 Å². The van der Waals surface area contributed by atoms with Gasteiger partial charge in [-0.15, -0.1) is 0 Å². The summed E-state index contributed by atoms with van der Waals surface area (Å²) in [6.07, 6.45) is -0.494. The summed E-state index contributed by atoms with van der Waals surface area (Å²) in [5, 5.41) is 6.09. The van der Waals surface area contributed by atoms with E-state index in [1.807, 2.05) is 60.7 Å². The van der Waals surface area contributed by atoms with E-state index >= 15 is 0 Å². The van der Waals surface area contributed by atoms with Crippen LogP contribution >= 0.6 is 0 Å². The first-order chi connectivity index (χ1) is 22.0. The summed E-state index contributed by atoms with van der Waals surface area (Å²) in [5.41, 5.74) is 1.12. The Kier molecular flexibility index (Phi) is 11.7. The minimum atomic E-state index is -1.04. The highest BCUT2D eigenvalue weighted by molar-refractivity contribution is 5.97. The molecule has 1 unspecified atom stereocenters. The number of piperazine rings is 1. The number of anilines is 1. The van der Waals surface area contributed by atoms with E-state index in [4.69, 9.17) is 9.47 Å². The lowest BCUT2D eigenvalue weighted by Crippen LogP contribution is -2.56. The maximum Gasteiger partial charge on any atom is 0.409 e. The largest absolute Gasteiger partial charge is 0.460 e. The van der Waals surface area contributed by atoms with Gasteiger partial charge in [0.2, 0.25) is 5.91 Å². The minimum Gasteiger partial charge on any atom is -0.460 e. The molecule has 0 saturated carbocycles. The predicted octanol–water partition coefficient (Wildman–Crippen LogP) is 4.28. The number of nitrogens with one attached hydrogen (secondary N) is 2. The zero-order chi connectivity index (χ0) is 33.1. The van der Waals surface area contributed by atoms with E-state index in [1.165, 1.54) is 11.0 Å². The van der Waals surface area contributed by atoms with Crippen LogP contribution in [0.4, 0.5) is 10.6 Å². The summed E-state index contributed by atoms with van der Waals surface area (Å²) >= 11 is 0. The Morgan fingerprint density at radius 1 is 0.891 bits per heavy atom. The maximum atomic E-state index is 13.8. The number of hydrogen-bond acceptors (Lipinski definition) is 9. The Labute approximate surface area is 269 Å². The van der Waals surface area contributed by atoms with E-state index in [-0.39, 0.29) is 44.1 Å². The van der Waals surface area contributed by atoms with Crippen molar-refractivity contribution >= 4 is 29.7 Å². The van der Waals surface area contributed by atoms with Crippen molar-refractivity contribution in [2.75, 3.05) is 38.1 Å². The molecule has 1 aliphatic rings. The van der Waals surface area contributed by atoms with E-state index in [1.54, 1.807) is 32.6 Å². The van der Waals surface area contributed by atoms with E-state index in [0.29, 0.717) is 31.3 Å². The van der Waals surface area contributed by atoms with Crippen LogP contribution in [0.15, 0.2) is 66.7 Å². The zero-order valence-electron chi connectivity index (χ0n) is 26.8. The second-order valence-corrected chi connectivity index (χ2v) is 11.8. The molecule has 1 saturated heterocycles. The number of benzene rings is 2. The summed E-state index contributed by atoms with van der Waals surface area (Å²) in [5.74, 6) is -0.646. The van der Waals surface area contributed by atoms with Gasteiger partial charge in [0, 0.05) is 50.8 Å².